The van der Waals surface area contributed by atoms with Crippen LogP contribution in [0.25, 0.3) is 5.52 Å². The first-order valence-corrected chi connectivity index (χ1v) is 6.80. The van der Waals surface area contributed by atoms with Gasteiger partial charge in [0.25, 0.3) is 0 Å². The molecule has 3 rings (SSSR count). The molecule has 96 valence electrons. The van der Waals surface area contributed by atoms with Gasteiger partial charge in [-0.3, -0.25) is 0 Å². The molecule has 0 aliphatic rings. The van der Waals surface area contributed by atoms with Crippen LogP contribution < -0.4 is 4.74 Å². The molecule has 2 heterocycles. The smallest absolute Gasteiger partial charge is 0.144 e. The number of imidazole rings is 1. The summed E-state index contributed by atoms with van der Waals surface area (Å²) in [6.45, 7) is 0. The van der Waals surface area contributed by atoms with E-state index in [1.165, 1.54) is 5.56 Å². The topological polar surface area (TPSA) is 26.5 Å². The maximum Gasteiger partial charge on any atom is 0.144 e. The van der Waals surface area contributed by atoms with E-state index in [9.17, 15) is 0 Å². The van der Waals surface area contributed by atoms with Crippen molar-refractivity contribution in [1.29, 1.82) is 0 Å². The van der Waals surface area contributed by atoms with Gasteiger partial charge in [0.1, 0.15) is 17.1 Å². The van der Waals surface area contributed by atoms with Gasteiger partial charge in [0.05, 0.1) is 13.3 Å². The monoisotopic (exact) mass is 316 g/mol. The number of aromatic nitrogens is 2. The third-order valence-corrected chi connectivity index (χ3v) is 3.63. The van der Waals surface area contributed by atoms with Crippen LogP contribution in [0.2, 0.25) is 0 Å². The van der Waals surface area contributed by atoms with E-state index < -0.39 is 0 Å². The molecular formula is C15H13BrN2O. The van der Waals surface area contributed by atoms with Crippen molar-refractivity contribution in [3.05, 3.63) is 64.7 Å². The molecule has 0 bridgehead atoms. The molecule has 0 unspecified atom stereocenters. The third kappa shape index (κ3) is 2.36. The molecule has 1 aromatic carbocycles. The first kappa shape index (κ1) is 12.2. The van der Waals surface area contributed by atoms with Crippen LogP contribution in [-0.4, -0.2) is 16.5 Å². The molecule has 0 saturated heterocycles. The highest BCUT2D eigenvalue weighted by Crippen LogP contribution is 2.21. The highest BCUT2D eigenvalue weighted by Gasteiger charge is 2.08. The summed E-state index contributed by atoms with van der Waals surface area (Å²) in [5.41, 5.74) is 2.23. The van der Waals surface area contributed by atoms with Crippen LogP contribution in [0.5, 0.6) is 5.75 Å². The number of hydrogen-bond donors (Lipinski definition) is 0. The highest BCUT2D eigenvalue weighted by molar-refractivity contribution is 9.10. The molecule has 2 aromatic heterocycles. The number of pyridine rings is 1. The van der Waals surface area contributed by atoms with E-state index in [0.29, 0.717) is 0 Å². The Morgan fingerprint density at radius 1 is 1.21 bits per heavy atom. The zero-order valence-electron chi connectivity index (χ0n) is 10.5. The van der Waals surface area contributed by atoms with Crippen LogP contribution in [0, 0.1) is 0 Å². The van der Waals surface area contributed by atoms with Crippen LogP contribution in [-0.2, 0) is 6.42 Å². The molecule has 0 aliphatic carbocycles. The Bertz CT molecular complexity index is 704. The van der Waals surface area contributed by atoms with Gasteiger partial charge in [0, 0.05) is 17.1 Å². The van der Waals surface area contributed by atoms with E-state index in [4.69, 9.17) is 4.74 Å². The van der Waals surface area contributed by atoms with Crippen LogP contribution in [0.1, 0.15) is 11.4 Å². The molecule has 0 atom stereocenters. The van der Waals surface area contributed by atoms with Crippen molar-refractivity contribution in [1.82, 2.24) is 9.38 Å². The molecule has 0 amide bonds. The second kappa shape index (κ2) is 5.05. The molecule has 3 nitrogen and oxygen atoms in total. The van der Waals surface area contributed by atoms with Crippen molar-refractivity contribution in [2.75, 3.05) is 7.11 Å². The SMILES string of the molecule is COc1cccn2c(Cc3ccc(Br)cc3)ncc12. The van der Waals surface area contributed by atoms with Gasteiger partial charge in [0.15, 0.2) is 0 Å². The first-order valence-electron chi connectivity index (χ1n) is 6.01. The predicted octanol–water partition coefficient (Wildman–Crippen LogP) is 3.70. The minimum Gasteiger partial charge on any atom is -0.494 e. The van der Waals surface area contributed by atoms with Crippen molar-refractivity contribution < 1.29 is 4.74 Å². The Morgan fingerprint density at radius 3 is 2.74 bits per heavy atom. The molecule has 0 N–H and O–H groups in total. The van der Waals surface area contributed by atoms with Crippen LogP contribution in [0.15, 0.2) is 53.3 Å². The summed E-state index contributed by atoms with van der Waals surface area (Å²) in [7, 11) is 1.68. The molecule has 3 aromatic rings. The fourth-order valence-electron chi connectivity index (χ4n) is 2.14. The molecule has 0 spiro atoms. The number of methoxy groups -OCH3 is 1. The largest absolute Gasteiger partial charge is 0.494 e. The summed E-state index contributed by atoms with van der Waals surface area (Å²) in [6.07, 6.45) is 4.67. The molecule has 19 heavy (non-hydrogen) atoms. The minimum absolute atomic E-state index is 0.800. The number of halogens is 1. The maximum absolute atomic E-state index is 5.34. The Balaban J connectivity index is 1.99. The van der Waals surface area contributed by atoms with E-state index in [2.05, 4.69) is 37.4 Å². The molecule has 0 radical (unpaired) electrons. The molecular weight excluding hydrogens is 304 g/mol. The lowest BCUT2D eigenvalue weighted by atomic mass is 10.1. The quantitative estimate of drug-likeness (QED) is 0.736. The highest BCUT2D eigenvalue weighted by atomic mass is 79.9. The predicted molar refractivity (Wildman–Crippen MR) is 78.7 cm³/mol. The normalized spacial score (nSPS) is 10.8. The van der Waals surface area contributed by atoms with Crippen LogP contribution in [0.4, 0.5) is 0 Å². The van der Waals surface area contributed by atoms with E-state index in [1.54, 1.807) is 7.11 Å². The second-order valence-corrected chi connectivity index (χ2v) is 5.23. The van der Waals surface area contributed by atoms with Gasteiger partial charge in [-0.2, -0.15) is 0 Å². The van der Waals surface area contributed by atoms with E-state index >= 15 is 0 Å². The average molecular weight is 317 g/mol. The Hall–Kier alpha value is -1.81. The molecule has 0 saturated carbocycles. The number of ether oxygens (including phenoxy) is 1. The van der Waals surface area contributed by atoms with Gasteiger partial charge in [0.2, 0.25) is 0 Å². The number of fused-ring (bicyclic) bond motifs is 1. The van der Waals surface area contributed by atoms with Crippen molar-refractivity contribution in [3.8, 4) is 5.75 Å². The molecule has 0 aliphatic heterocycles. The first-order chi connectivity index (χ1) is 9.28. The van der Waals surface area contributed by atoms with E-state index in [0.717, 1.165) is 28.0 Å². The summed E-state index contributed by atoms with van der Waals surface area (Å²) >= 11 is 3.44. The number of benzene rings is 1. The third-order valence-electron chi connectivity index (χ3n) is 3.10. The maximum atomic E-state index is 5.34. The minimum atomic E-state index is 0.800. The van der Waals surface area contributed by atoms with Crippen molar-refractivity contribution in [2.24, 2.45) is 0 Å². The van der Waals surface area contributed by atoms with Gasteiger partial charge in [-0.05, 0) is 29.8 Å². The van der Waals surface area contributed by atoms with Gasteiger partial charge in [-0.25, -0.2) is 4.98 Å². The summed E-state index contributed by atoms with van der Waals surface area (Å²) in [5.74, 6) is 1.85. The zero-order chi connectivity index (χ0) is 13.2. The second-order valence-electron chi connectivity index (χ2n) is 4.31. The number of hydrogen-bond acceptors (Lipinski definition) is 2. The van der Waals surface area contributed by atoms with Gasteiger partial charge in [-0.15, -0.1) is 0 Å². The van der Waals surface area contributed by atoms with Crippen molar-refractivity contribution >= 4 is 21.4 Å². The fraction of sp³-hybridized carbons (Fsp3) is 0.133. The van der Waals surface area contributed by atoms with E-state index in [1.807, 2.05) is 36.7 Å². The number of nitrogens with zero attached hydrogens (tertiary/aromatic N) is 2. The van der Waals surface area contributed by atoms with Crippen LogP contribution >= 0.6 is 15.9 Å². The molecule has 0 fully saturated rings. The summed E-state index contributed by atoms with van der Waals surface area (Å²) < 4.78 is 8.50. The Morgan fingerprint density at radius 2 is 2.00 bits per heavy atom. The average Bonchev–Trinajstić information content (AvgIpc) is 2.84. The summed E-state index contributed by atoms with van der Waals surface area (Å²) in [4.78, 5) is 4.49. The lowest BCUT2D eigenvalue weighted by Gasteiger charge is -2.05. The van der Waals surface area contributed by atoms with E-state index in [-0.39, 0.29) is 0 Å². The Labute approximate surface area is 120 Å². The standard InChI is InChI=1S/C15H13BrN2O/c1-19-14-3-2-8-18-13(14)10-17-15(18)9-11-4-6-12(16)7-5-11/h2-8,10H,9H2,1H3. The number of rotatable bonds is 3. The summed E-state index contributed by atoms with van der Waals surface area (Å²) in [6, 6.07) is 12.2. The lowest BCUT2D eigenvalue weighted by molar-refractivity contribution is 0.418. The lowest BCUT2D eigenvalue weighted by Crippen LogP contribution is -1.97. The molecule has 4 heteroatoms. The van der Waals surface area contributed by atoms with Gasteiger partial charge < -0.3 is 9.14 Å². The van der Waals surface area contributed by atoms with Gasteiger partial charge >= 0.3 is 0 Å². The van der Waals surface area contributed by atoms with Crippen molar-refractivity contribution in [2.45, 2.75) is 6.42 Å². The Kier molecular flexibility index (Phi) is 3.25. The van der Waals surface area contributed by atoms with Crippen LogP contribution in [0.3, 0.4) is 0 Å². The zero-order valence-corrected chi connectivity index (χ0v) is 12.1. The fourth-order valence-corrected chi connectivity index (χ4v) is 2.40. The van der Waals surface area contributed by atoms with Crippen molar-refractivity contribution in [3.63, 3.8) is 0 Å². The van der Waals surface area contributed by atoms with Gasteiger partial charge in [-0.1, -0.05) is 28.1 Å². The summed E-state index contributed by atoms with van der Waals surface area (Å²) in [5, 5.41) is 0.